The molecule has 0 atom stereocenters. The summed E-state index contributed by atoms with van der Waals surface area (Å²) in [5.41, 5.74) is 12.4. The topological polar surface area (TPSA) is 0 Å². The van der Waals surface area contributed by atoms with Crippen LogP contribution in [0.1, 0.15) is 47.2 Å². The van der Waals surface area contributed by atoms with Crippen LogP contribution in [0.4, 0.5) is 0 Å². The van der Waals surface area contributed by atoms with Crippen LogP contribution < -0.4 is 0 Å². The maximum absolute atomic E-state index is 2.41. The molecule has 0 heteroatoms. The smallest absolute Gasteiger partial charge is 0.00573 e. The van der Waals surface area contributed by atoms with E-state index in [1.165, 1.54) is 35.1 Å². The summed E-state index contributed by atoms with van der Waals surface area (Å²) >= 11 is 0. The van der Waals surface area contributed by atoms with Gasteiger partial charge in [-0.2, -0.15) is 0 Å². The van der Waals surface area contributed by atoms with E-state index >= 15 is 0 Å². The average molecular weight is 220 g/mol. The second-order valence-electron chi connectivity index (χ2n) is 5.62. The predicted molar refractivity (Wildman–Crippen MR) is 73.9 cm³/mol. The van der Waals surface area contributed by atoms with Gasteiger partial charge in [0.15, 0.2) is 0 Å². The van der Waals surface area contributed by atoms with Crippen molar-refractivity contribution in [2.75, 3.05) is 0 Å². The Hall–Kier alpha value is -1.56. The maximum Gasteiger partial charge on any atom is -0.00573 e. The van der Waals surface area contributed by atoms with Crippen LogP contribution >= 0.6 is 0 Å². The average Bonchev–Trinajstić information content (AvgIpc) is 2.91. The van der Waals surface area contributed by atoms with Gasteiger partial charge in [0.2, 0.25) is 0 Å². The summed E-state index contributed by atoms with van der Waals surface area (Å²) in [5.74, 6) is 0. The molecule has 0 radical (unpaired) electrons. The third-order valence-corrected chi connectivity index (χ3v) is 4.25. The highest BCUT2D eigenvalue weighted by molar-refractivity contribution is 5.85. The SMILES string of the molecule is CC1=Cc2c3c(c4c(c2C1)CC(C)=C4)CC=C3. The van der Waals surface area contributed by atoms with Crippen molar-refractivity contribution in [3.05, 3.63) is 50.6 Å². The Labute approximate surface area is 102 Å². The molecule has 17 heavy (non-hydrogen) atoms. The van der Waals surface area contributed by atoms with Crippen LogP contribution in [-0.4, -0.2) is 0 Å². The lowest BCUT2D eigenvalue weighted by Crippen LogP contribution is -2.00. The molecule has 0 fully saturated rings. The van der Waals surface area contributed by atoms with Crippen molar-refractivity contribution in [1.29, 1.82) is 0 Å². The number of benzene rings is 1. The minimum absolute atomic E-state index is 1.13. The van der Waals surface area contributed by atoms with Crippen molar-refractivity contribution in [2.24, 2.45) is 0 Å². The van der Waals surface area contributed by atoms with E-state index in [2.05, 4.69) is 38.2 Å². The quantitative estimate of drug-likeness (QED) is 0.615. The third kappa shape index (κ3) is 1.13. The lowest BCUT2D eigenvalue weighted by atomic mass is 9.90. The minimum atomic E-state index is 1.13. The van der Waals surface area contributed by atoms with Crippen molar-refractivity contribution in [1.82, 2.24) is 0 Å². The summed E-state index contributed by atoms with van der Waals surface area (Å²) in [5, 5.41) is 0. The molecule has 0 bridgehead atoms. The highest BCUT2D eigenvalue weighted by atomic mass is 14.3. The van der Waals surface area contributed by atoms with Gasteiger partial charge < -0.3 is 0 Å². The molecule has 0 saturated heterocycles. The second-order valence-corrected chi connectivity index (χ2v) is 5.62. The lowest BCUT2D eigenvalue weighted by Gasteiger charge is -2.14. The summed E-state index contributed by atoms with van der Waals surface area (Å²) in [4.78, 5) is 0. The Kier molecular flexibility index (Phi) is 1.68. The number of fused-ring (bicyclic) bond motifs is 6. The molecular weight excluding hydrogens is 204 g/mol. The summed E-state index contributed by atoms with van der Waals surface area (Å²) in [7, 11) is 0. The number of rotatable bonds is 0. The van der Waals surface area contributed by atoms with E-state index in [4.69, 9.17) is 0 Å². The van der Waals surface area contributed by atoms with E-state index in [-0.39, 0.29) is 0 Å². The molecule has 1 aromatic rings. The first-order chi connectivity index (χ1) is 8.24. The van der Waals surface area contributed by atoms with Crippen molar-refractivity contribution < 1.29 is 0 Å². The Morgan fingerprint density at radius 1 is 0.765 bits per heavy atom. The van der Waals surface area contributed by atoms with E-state index in [9.17, 15) is 0 Å². The van der Waals surface area contributed by atoms with Gasteiger partial charge in [-0.3, -0.25) is 0 Å². The molecule has 3 aliphatic rings. The van der Waals surface area contributed by atoms with Crippen molar-refractivity contribution in [3.63, 3.8) is 0 Å². The zero-order chi connectivity index (χ0) is 11.6. The molecule has 84 valence electrons. The van der Waals surface area contributed by atoms with Crippen molar-refractivity contribution in [2.45, 2.75) is 33.1 Å². The third-order valence-electron chi connectivity index (χ3n) is 4.25. The van der Waals surface area contributed by atoms with E-state index in [0.717, 1.165) is 6.42 Å². The largest absolute Gasteiger partial charge is 0.0795 e. The number of hydrogen-bond acceptors (Lipinski definition) is 0. The molecule has 0 heterocycles. The first-order valence-corrected chi connectivity index (χ1v) is 6.45. The van der Waals surface area contributed by atoms with E-state index in [1.54, 1.807) is 22.3 Å². The fourth-order valence-corrected chi connectivity index (χ4v) is 3.58. The molecule has 0 aromatic heterocycles. The van der Waals surface area contributed by atoms with Crippen LogP contribution in [-0.2, 0) is 19.3 Å². The Morgan fingerprint density at radius 2 is 1.41 bits per heavy atom. The van der Waals surface area contributed by atoms with Gasteiger partial charge in [0.25, 0.3) is 0 Å². The van der Waals surface area contributed by atoms with Gasteiger partial charge in [-0.25, -0.2) is 0 Å². The number of allylic oxidation sites excluding steroid dienone is 3. The summed E-state index contributed by atoms with van der Waals surface area (Å²) in [6.45, 7) is 4.52. The molecule has 0 saturated carbocycles. The highest BCUT2D eigenvalue weighted by Gasteiger charge is 2.27. The standard InChI is InChI=1S/C17H16/c1-10-6-14-12-4-3-5-13(12)15-7-11(2)9-17(15)16(14)8-10/h3-4,6-7H,5,8-9H2,1-2H3. The molecule has 4 rings (SSSR count). The van der Waals surface area contributed by atoms with Gasteiger partial charge >= 0.3 is 0 Å². The van der Waals surface area contributed by atoms with E-state index < -0.39 is 0 Å². The summed E-state index contributed by atoms with van der Waals surface area (Å²) in [6, 6.07) is 0. The van der Waals surface area contributed by atoms with Gasteiger partial charge in [-0.15, -0.1) is 0 Å². The molecule has 1 aromatic carbocycles. The maximum atomic E-state index is 2.41. The fraction of sp³-hybridized carbons (Fsp3) is 0.294. The Bertz CT molecular complexity index is 637. The van der Waals surface area contributed by atoms with Crippen LogP contribution in [0, 0.1) is 0 Å². The molecule has 0 nitrogen and oxygen atoms in total. The first-order valence-electron chi connectivity index (χ1n) is 6.45. The summed E-state index contributed by atoms with van der Waals surface area (Å²) < 4.78 is 0. The molecular formula is C17H16. The first kappa shape index (κ1) is 9.47. The van der Waals surface area contributed by atoms with Crippen molar-refractivity contribution in [3.8, 4) is 0 Å². The zero-order valence-corrected chi connectivity index (χ0v) is 10.4. The van der Waals surface area contributed by atoms with Gasteiger partial charge in [0.1, 0.15) is 0 Å². The molecule has 0 N–H and O–H groups in total. The van der Waals surface area contributed by atoms with E-state index in [1.807, 2.05) is 0 Å². The van der Waals surface area contributed by atoms with Gasteiger partial charge in [0, 0.05) is 0 Å². The number of hydrogen-bond donors (Lipinski definition) is 0. The molecule has 0 amide bonds. The zero-order valence-electron chi connectivity index (χ0n) is 10.4. The van der Waals surface area contributed by atoms with Gasteiger partial charge in [-0.1, -0.05) is 35.5 Å². The predicted octanol–water partition coefficient (Wildman–Crippen LogP) is 4.17. The van der Waals surface area contributed by atoms with Crippen LogP contribution in [0.5, 0.6) is 0 Å². The normalized spacial score (nSPS) is 18.9. The van der Waals surface area contributed by atoms with Gasteiger partial charge in [0.05, 0.1) is 0 Å². The minimum Gasteiger partial charge on any atom is -0.0795 e. The lowest BCUT2D eigenvalue weighted by molar-refractivity contribution is 1.09. The van der Waals surface area contributed by atoms with Crippen LogP contribution in [0.2, 0.25) is 0 Å². The van der Waals surface area contributed by atoms with Crippen LogP contribution in [0.3, 0.4) is 0 Å². The summed E-state index contributed by atoms with van der Waals surface area (Å²) in [6.07, 6.45) is 12.9. The highest BCUT2D eigenvalue weighted by Crippen LogP contribution is 2.43. The molecule has 0 spiro atoms. The second kappa shape index (κ2) is 3.01. The fourth-order valence-electron chi connectivity index (χ4n) is 3.58. The Morgan fingerprint density at radius 3 is 2.18 bits per heavy atom. The molecule has 0 unspecified atom stereocenters. The molecule has 3 aliphatic carbocycles. The van der Waals surface area contributed by atoms with Crippen LogP contribution in [0.25, 0.3) is 18.2 Å². The monoisotopic (exact) mass is 220 g/mol. The Balaban J connectivity index is 2.08. The molecule has 0 aliphatic heterocycles. The van der Waals surface area contributed by atoms with Crippen molar-refractivity contribution >= 4 is 18.2 Å². The van der Waals surface area contributed by atoms with Crippen LogP contribution in [0.15, 0.2) is 17.2 Å². The van der Waals surface area contributed by atoms with E-state index in [0.29, 0.717) is 0 Å². The van der Waals surface area contributed by atoms with Gasteiger partial charge in [-0.05, 0) is 66.5 Å².